The number of hydrogen-bond donors (Lipinski definition) is 0. The van der Waals surface area contributed by atoms with Crippen molar-refractivity contribution in [1.29, 1.82) is 0 Å². The number of rotatable bonds is 8. The number of unbranched alkanes of at least 4 members (excludes halogenated alkanes) is 2. The summed E-state index contributed by atoms with van der Waals surface area (Å²) in [5.41, 5.74) is 0. The largest absolute Gasteiger partial charge is 0.316 e. The normalized spacial score (nSPS) is 11.3. The monoisotopic (exact) mass is 378 g/mol. The highest BCUT2D eigenvalue weighted by Crippen LogP contribution is 2.32. The first kappa shape index (κ1) is 17.8. The SMILES string of the molecule is CCCC[P+](CCCC)=NS(=O)(=O)c1ccc(Br)cc1. The van der Waals surface area contributed by atoms with Crippen LogP contribution in [0.4, 0.5) is 0 Å². The number of halogens is 1. The van der Waals surface area contributed by atoms with Crippen molar-refractivity contribution in [2.45, 2.75) is 44.4 Å². The van der Waals surface area contributed by atoms with E-state index in [1.807, 2.05) is 0 Å². The van der Waals surface area contributed by atoms with E-state index in [4.69, 9.17) is 0 Å². The Bertz CT molecular complexity index is 531. The summed E-state index contributed by atoms with van der Waals surface area (Å²) >= 11 is 3.31. The maximum atomic E-state index is 12.3. The van der Waals surface area contributed by atoms with E-state index in [0.717, 1.165) is 42.5 Å². The Hall–Kier alpha value is -0.250. The lowest BCUT2D eigenvalue weighted by Crippen LogP contribution is -1.96. The Morgan fingerprint density at radius 3 is 2.00 bits per heavy atom. The molecular weight excluding hydrogens is 357 g/mol. The molecular formula is C14H22BrNO2PS+. The highest BCUT2D eigenvalue weighted by atomic mass is 79.9. The molecule has 1 aromatic carbocycles. The van der Waals surface area contributed by atoms with E-state index in [9.17, 15) is 8.42 Å². The van der Waals surface area contributed by atoms with Gasteiger partial charge in [-0.1, -0.05) is 42.6 Å². The van der Waals surface area contributed by atoms with E-state index < -0.39 is 17.7 Å². The molecule has 0 fully saturated rings. The molecule has 0 aliphatic heterocycles. The molecule has 3 nitrogen and oxygen atoms in total. The first-order chi connectivity index (χ1) is 9.49. The van der Waals surface area contributed by atoms with Crippen molar-refractivity contribution in [3.63, 3.8) is 0 Å². The Morgan fingerprint density at radius 1 is 1.05 bits per heavy atom. The van der Waals surface area contributed by atoms with Crippen LogP contribution in [0.2, 0.25) is 0 Å². The summed E-state index contributed by atoms with van der Waals surface area (Å²) < 4.78 is 29.7. The molecule has 0 saturated carbocycles. The van der Waals surface area contributed by atoms with Gasteiger partial charge in [0.1, 0.15) is 12.3 Å². The van der Waals surface area contributed by atoms with Crippen LogP contribution in [0.1, 0.15) is 39.5 Å². The average Bonchev–Trinajstić information content (AvgIpc) is 2.42. The predicted molar refractivity (Wildman–Crippen MR) is 90.2 cm³/mol. The summed E-state index contributed by atoms with van der Waals surface area (Å²) in [4.78, 5) is 0.293. The average molecular weight is 379 g/mol. The predicted octanol–water partition coefficient (Wildman–Crippen LogP) is 5.40. The van der Waals surface area contributed by atoms with Crippen molar-refractivity contribution in [3.05, 3.63) is 28.7 Å². The minimum Gasteiger partial charge on any atom is -0.196 e. The second-order valence-corrected chi connectivity index (χ2v) is 9.57. The molecule has 0 amide bonds. The molecule has 0 aliphatic rings. The fourth-order valence-electron chi connectivity index (χ4n) is 1.68. The van der Waals surface area contributed by atoms with Crippen molar-refractivity contribution >= 4 is 33.7 Å². The molecule has 112 valence electrons. The van der Waals surface area contributed by atoms with Gasteiger partial charge in [-0.3, -0.25) is 0 Å². The second kappa shape index (κ2) is 8.91. The summed E-state index contributed by atoms with van der Waals surface area (Å²) in [5, 5.41) is 0. The molecule has 0 unspecified atom stereocenters. The fourth-order valence-corrected chi connectivity index (χ4v) is 6.26. The molecule has 0 bridgehead atoms. The zero-order valence-electron chi connectivity index (χ0n) is 12.0. The molecule has 0 N–H and O–H groups in total. The van der Waals surface area contributed by atoms with Crippen LogP contribution in [0.3, 0.4) is 0 Å². The van der Waals surface area contributed by atoms with Crippen LogP contribution in [-0.4, -0.2) is 20.7 Å². The van der Waals surface area contributed by atoms with E-state index in [-0.39, 0.29) is 0 Å². The Kier molecular flexibility index (Phi) is 7.93. The van der Waals surface area contributed by atoms with Gasteiger partial charge in [-0.2, -0.15) is 8.42 Å². The molecule has 0 saturated heterocycles. The third-order valence-corrected chi connectivity index (χ3v) is 7.72. The zero-order valence-corrected chi connectivity index (χ0v) is 15.3. The minimum absolute atomic E-state index is 0.293. The van der Waals surface area contributed by atoms with Crippen molar-refractivity contribution in [3.8, 4) is 0 Å². The summed E-state index contributed by atoms with van der Waals surface area (Å²) in [5.74, 6) is 0. The van der Waals surface area contributed by atoms with Gasteiger partial charge in [-0.15, -0.1) is 0 Å². The van der Waals surface area contributed by atoms with Gasteiger partial charge in [-0.25, -0.2) is 0 Å². The highest BCUT2D eigenvalue weighted by molar-refractivity contribution is 9.10. The van der Waals surface area contributed by atoms with E-state index in [1.54, 1.807) is 24.3 Å². The molecule has 1 rings (SSSR count). The standard InChI is InChI=1S/C14H22BrNO2PS/c1-3-5-11-19(12-6-4-2)16-20(17,18)14-9-7-13(15)8-10-14/h7-10H,3-6,11-12H2,1-2H3/q+1. The first-order valence-corrected chi connectivity index (χ1v) is 10.9. The lowest BCUT2D eigenvalue weighted by Gasteiger charge is -1.98. The zero-order chi connectivity index (χ0) is 15.0. The lowest BCUT2D eigenvalue weighted by atomic mass is 10.4. The lowest BCUT2D eigenvalue weighted by molar-refractivity contribution is 0.598. The highest BCUT2D eigenvalue weighted by Gasteiger charge is 2.21. The van der Waals surface area contributed by atoms with E-state index in [1.165, 1.54) is 0 Å². The Balaban J connectivity index is 2.96. The molecule has 0 spiro atoms. The van der Waals surface area contributed by atoms with E-state index in [0.29, 0.717) is 4.90 Å². The summed E-state index contributed by atoms with van der Waals surface area (Å²) in [7, 11) is -4.27. The smallest absolute Gasteiger partial charge is 0.196 e. The number of sulfonamides is 1. The van der Waals surface area contributed by atoms with Gasteiger partial charge in [0.25, 0.3) is 0 Å². The molecule has 0 aliphatic carbocycles. The number of nitrogens with zero attached hydrogens (tertiary/aromatic N) is 1. The molecule has 0 atom stereocenters. The molecule has 6 heteroatoms. The number of benzene rings is 1. The van der Waals surface area contributed by atoms with E-state index in [2.05, 4.69) is 33.9 Å². The quantitative estimate of drug-likeness (QED) is 0.568. The maximum absolute atomic E-state index is 12.3. The van der Waals surface area contributed by atoms with Crippen LogP contribution >= 0.6 is 23.6 Å². The molecule has 0 heterocycles. The van der Waals surface area contributed by atoms with Crippen LogP contribution in [0, 0.1) is 0 Å². The van der Waals surface area contributed by atoms with Gasteiger partial charge < -0.3 is 0 Å². The van der Waals surface area contributed by atoms with Crippen LogP contribution < -0.4 is 0 Å². The van der Waals surface area contributed by atoms with Crippen molar-refractivity contribution in [2.75, 3.05) is 12.3 Å². The van der Waals surface area contributed by atoms with Gasteiger partial charge in [0, 0.05) is 8.62 Å². The van der Waals surface area contributed by atoms with Crippen molar-refractivity contribution in [1.82, 2.24) is 0 Å². The third-order valence-electron chi connectivity index (χ3n) is 2.87. The van der Waals surface area contributed by atoms with Gasteiger partial charge in [0.15, 0.2) is 0 Å². The van der Waals surface area contributed by atoms with Crippen LogP contribution in [0.15, 0.2) is 37.8 Å². The summed E-state index contributed by atoms with van der Waals surface area (Å²) in [6.07, 6.45) is 6.10. The number of hydrogen-bond acceptors (Lipinski definition) is 2. The van der Waals surface area contributed by atoms with Gasteiger partial charge in [0.05, 0.1) is 4.90 Å². The van der Waals surface area contributed by atoms with Gasteiger partial charge in [-0.05, 0) is 37.1 Å². The summed E-state index contributed by atoms with van der Waals surface area (Å²) in [6.45, 7) is 4.24. The van der Waals surface area contributed by atoms with Gasteiger partial charge in [0.2, 0.25) is 7.71 Å². The fraction of sp³-hybridized carbons (Fsp3) is 0.571. The molecule has 1 aromatic rings. The molecule has 0 aromatic heterocycles. The molecule has 20 heavy (non-hydrogen) atoms. The maximum Gasteiger partial charge on any atom is 0.316 e. The summed E-state index contributed by atoms with van der Waals surface area (Å²) in [6, 6.07) is 6.69. The second-order valence-electron chi connectivity index (χ2n) is 4.67. The van der Waals surface area contributed by atoms with E-state index >= 15 is 0 Å². The van der Waals surface area contributed by atoms with Crippen LogP contribution in [0.25, 0.3) is 0 Å². The molecule has 0 radical (unpaired) electrons. The minimum atomic E-state index is -3.50. The topological polar surface area (TPSA) is 46.5 Å². The first-order valence-electron chi connectivity index (χ1n) is 6.98. The van der Waals surface area contributed by atoms with Crippen molar-refractivity contribution in [2.24, 2.45) is 4.15 Å². The van der Waals surface area contributed by atoms with Crippen LogP contribution in [-0.2, 0) is 10.0 Å². The van der Waals surface area contributed by atoms with Gasteiger partial charge >= 0.3 is 10.0 Å². The van der Waals surface area contributed by atoms with Crippen molar-refractivity contribution < 1.29 is 8.42 Å². The Labute approximate surface area is 131 Å². The van der Waals surface area contributed by atoms with Crippen LogP contribution in [0.5, 0.6) is 0 Å². The Morgan fingerprint density at radius 2 is 1.55 bits per heavy atom. The third kappa shape index (κ3) is 6.02.